The van der Waals surface area contributed by atoms with Crippen LogP contribution < -0.4 is 0 Å². The van der Waals surface area contributed by atoms with Gasteiger partial charge >= 0.3 is 0 Å². The maximum absolute atomic E-state index is 12.8. The molecule has 0 radical (unpaired) electrons. The summed E-state index contributed by atoms with van der Waals surface area (Å²) < 4.78 is 27.1. The van der Waals surface area contributed by atoms with E-state index in [2.05, 4.69) is 0 Å². The summed E-state index contributed by atoms with van der Waals surface area (Å²) in [5.41, 5.74) is 0.980. The SMILES string of the molecule is Cc1ccc(S(=O)(=O)N2CCN(C(=O)CN3C(=O)[C@H]4[C@H](C3=O)[C@H]3C=C[C@H]4C3)CC2)cc1. The number of hydrogen-bond donors (Lipinski definition) is 0. The second-order valence-corrected chi connectivity index (χ2v) is 10.8. The molecule has 8 nitrogen and oxygen atoms in total. The summed E-state index contributed by atoms with van der Waals surface area (Å²) in [5.74, 6) is -1.18. The number of carbonyl (C=O) groups excluding carboxylic acids is 3. The van der Waals surface area contributed by atoms with Gasteiger partial charge in [-0.1, -0.05) is 29.8 Å². The van der Waals surface area contributed by atoms with Crippen molar-refractivity contribution < 1.29 is 22.8 Å². The van der Waals surface area contributed by atoms with Crippen LogP contribution in [0.25, 0.3) is 0 Å². The summed E-state index contributed by atoms with van der Waals surface area (Å²) in [7, 11) is -3.61. The Morgan fingerprint density at radius 1 is 0.935 bits per heavy atom. The first-order valence-corrected chi connectivity index (χ1v) is 12.1. The molecule has 4 aliphatic rings. The van der Waals surface area contributed by atoms with E-state index in [1.54, 1.807) is 29.2 Å². The quantitative estimate of drug-likeness (QED) is 0.503. The Bertz CT molecular complexity index is 1040. The van der Waals surface area contributed by atoms with Crippen molar-refractivity contribution in [3.8, 4) is 0 Å². The Labute approximate surface area is 181 Å². The summed E-state index contributed by atoms with van der Waals surface area (Å²) >= 11 is 0. The predicted octanol–water partition coefficient (Wildman–Crippen LogP) is 0.635. The first-order chi connectivity index (χ1) is 14.8. The van der Waals surface area contributed by atoms with Gasteiger partial charge in [0, 0.05) is 26.2 Å². The minimum absolute atomic E-state index is 0.113. The van der Waals surface area contributed by atoms with E-state index in [9.17, 15) is 22.8 Å². The van der Waals surface area contributed by atoms with Crippen LogP contribution in [0.5, 0.6) is 0 Å². The highest BCUT2D eigenvalue weighted by atomic mass is 32.2. The fourth-order valence-electron chi connectivity index (χ4n) is 5.39. The minimum atomic E-state index is -3.61. The lowest BCUT2D eigenvalue weighted by atomic mass is 9.85. The molecule has 1 aromatic rings. The first-order valence-electron chi connectivity index (χ1n) is 10.7. The molecule has 2 aliphatic heterocycles. The molecule has 31 heavy (non-hydrogen) atoms. The van der Waals surface area contributed by atoms with E-state index in [4.69, 9.17) is 0 Å². The molecule has 1 saturated carbocycles. The van der Waals surface area contributed by atoms with Gasteiger partial charge in [-0.15, -0.1) is 0 Å². The molecule has 9 heteroatoms. The van der Waals surface area contributed by atoms with E-state index in [0.717, 1.165) is 16.9 Å². The van der Waals surface area contributed by atoms with Gasteiger partial charge in [0.15, 0.2) is 0 Å². The van der Waals surface area contributed by atoms with Crippen molar-refractivity contribution in [2.45, 2.75) is 18.2 Å². The molecule has 1 aromatic carbocycles. The van der Waals surface area contributed by atoms with E-state index in [0.29, 0.717) is 0 Å². The monoisotopic (exact) mass is 443 g/mol. The van der Waals surface area contributed by atoms with Gasteiger partial charge in [-0.2, -0.15) is 4.31 Å². The molecule has 3 amide bonds. The molecule has 2 bridgehead atoms. The average molecular weight is 444 g/mol. The number of nitrogens with zero attached hydrogens (tertiary/aromatic N) is 3. The van der Waals surface area contributed by atoms with Crippen LogP contribution in [-0.4, -0.2) is 73.0 Å². The zero-order chi connectivity index (χ0) is 21.9. The lowest BCUT2D eigenvalue weighted by Gasteiger charge is -2.34. The van der Waals surface area contributed by atoms with Gasteiger partial charge in [0.25, 0.3) is 0 Å². The number of piperazine rings is 1. The summed E-state index contributed by atoms with van der Waals surface area (Å²) in [6, 6.07) is 6.69. The van der Waals surface area contributed by atoms with E-state index >= 15 is 0 Å². The van der Waals surface area contributed by atoms with Gasteiger partial charge in [0.2, 0.25) is 27.7 Å². The Kier molecular flexibility index (Phi) is 4.78. The maximum atomic E-state index is 12.8. The smallest absolute Gasteiger partial charge is 0.243 e. The molecule has 0 aromatic heterocycles. The summed E-state index contributed by atoms with van der Waals surface area (Å²) in [6.45, 7) is 2.48. The Morgan fingerprint density at radius 2 is 1.48 bits per heavy atom. The first kappa shape index (κ1) is 20.4. The summed E-state index contributed by atoms with van der Waals surface area (Å²) in [4.78, 5) is 41.3. The third-order valence-corrected chi connectivity index (χ3v) is 9.02. The van der Waals surface area contributed by atoms with Crippen LogP contribution in [0.3, 0.4) is 0 Å². The standard InChI is InChI=1S/C22H25N3O5S/c1-14-2-6-17(7-3-14)31(29,30)24-10-8-23(9-11-24)18(26)13-25-21(27)19-15-4-5-16(12-15)20(19)22(25)28/h2-7,15-16,19-20H,8-13H2,1H3/t15-,16-,19+,20+/m0/s1. The molecule has 0 spiro atoms. The Balaban J connectivity index is 1.21. The predicted molar refractivity (Wildman–Crippen MR) is 111 cm³/mol. The van der Waals surface area contributed by atoms with Gasteiger partial charge in [-0.3, -0.25) is 19.3 Å². The Hall–Kier alpha value is -2.52. The maximum Gasteiger partial charge on any atom is 0.243 e. The van der Waals surface area contributed by atoms with Crippen LogP contribution >= 0.6 is 0 Å². The fourth-order valence-corrected chi connectivity index (χ4v) is 6.81. The zero-order valence-electron chi connectivity index (χ0n) is 17.3. The van der Waals surface area contributed by atoms with Crippen LogP contribution in [0.15, 0.2) is 41.3 Å². The average Bonchev–Trinajstić information content (AvgIpc) is 3.44. The van der Waals surface area contributed by atoms with Gasteiger partial charge in [0.1, 0.15) is 6.54 Å². The van der Waals surface area contributed by atoms with Crippen molar-refractivity contribution in [3.63, 3.8) is 0 Å². The van der Waals surface area contributed by atoms with Crippen LogP contribution in [0.4, 0.5) is 0 Å². The molecule has 0 N–H and O–H groups in total. The highest BCUT2D eigenvalue weighted by Crippen LogP contribution is 2.52. The molecule has 2 saturated heterocycles. The molecule has 164 valence electrons. The number of benzene rings is 1. The van der Waals surface area contributed by atoms with Crippen molar-refractivity contribution in [2.75, 3.05) is 32.7 Å². The number of amides is 3. The molecular formula is C22H25N3O5S. The van der Waals surface area contributed by atoms with Crippen molar-refractivity contribution in [1.29, 1.82) is 0 Å². The summed E-state index contributed by atoms with van der Waals surface area (Å²) in [5, 5.41) is 0. The number of fused-ring (bicyclic) bond motifs is 5. The normalized spacial score (nSPS) is 30.4. The van der Waals surface area contributed by atoms with Crippen molar-refractivity contribution in [1.82, 2.24) is 14.1 Å². The molecular weight excluding hydrogens is 418 g/mol. The molecule has 2 heterocycles. The largest absolute Gasteiger partial charge is 0.338 e. The third-order valence-electron chi connectivity index (χ3n) is 7.11. The fraction of sp³-hybridized carbons (Fsp3) is 0.500. The van der Waals surface area contributed by atoms with E-state index < -0.39 is 10.0 Å². The lowest BCUT2D eigenvalue weighted by Crippen LogP contribution is -2.53. The van der Waals surface area contributed by atoms with Crippen molar-refractivity contribution in [2.24, 2.45) is 23.7 Å². The molecule has 3 fully saturated rings. The number of hydrogen-bond acceptors (Lipinski definition) is 5. The number of carbonyl (C=O) groups is 3. The zero-order valence-corrected chi connectivity index (χ0v) is 18.1. The number of aryl methyl sites for hydroxylation is 1. The molecule has 4 atom stereocenters. The highest BCUT2D eigenvalue weighted by Gasteiger charge is 2.59. The van der Waals surface area contributed by atoms with Crippen LogP contribution in [-0.2, 0) is 24.4 Å². The van der Waals surface area contributed by atoms with Crippen molar-refractivity contribution >= 4 is 27.7 Å². The van der Waals surface area contributed by atoms with Crippen molar-refractivity contribution in [3.05, 3.63) is 42.0 Å². The molecule has 0 unspecified atom stereocenters. The summed E-state index contributed by atoms with van der Waals surface area (Å²) in [6.07, 6.45) is 4.90. The van der Waals surface area contributed by atoms with Gasteiger partial charge in [-0.25, -0.2) is 8.42 Å². The lowest BCUT2D eigenvalue weighted by molar-refractivity contribution is -0.147. The van der Waals surface area contributed by atoms with E-state index in [1.807, 2.05) is 19.1 Å². The molecule has 2 aliphatic carbocycles. The number of allylic oxidation sites excluding steroid dienone is 2. The topological polar surface area (TPSA) is 95.1 Å². The third kappa shape index (κ3) is 3.22. The number of sulfonamides is 1. The van der Waals surface area contributed by atoms with E-state index in [1.165, 1.54) is 4.31 Å². The second kappa shape index (κ2) is 7.27. The number of imide groups is 1. The Morgan fingerprint density at radius 3 is 2.03 bits per heavy atom. The van der Waals surface area contributed by atoms with Crippen LogP contribution in [0, 0.1) is 30.6 Å². The van der Waals surface area contributed by atoms with Crippen LogP contribution in [0.1, 0.15) is 12.0 Å². The second-order valence-electron chi connectivity index (χ2n) is 8.86. The van der Waals surface area contributed by atoms with Gasteiger partial charge < -0.3 is 4.90 Å². The highest BCUT2D eigenvalue weighted by molar-refractivity contribution is 7.89. The number of likely N-dealkylation sites (tertiary alicyclic amines) is 1. The minimum Gasteiger partial charge on any atom is -0.338 e. The van der Waals surface area contributed by atoms with Crippen LogP contribution in [0.2, 0.25) is 0 Å². The van der Waals surface area contributed by atoms with Gasteiger partial charge in [-0.05, 0) is 37.3 Å². The number of rotatable bonds is 4. The molecule has 5 rings (SSSR count). The van der Waals surface area contributed by atoms with E-state index in [-0.39, 0.29) is 79.0 Å². The van der Waals surface area contributed by atoms with Gasteiger partial charge in [0.05, 0.1) is 16.7 Å².